The SMILES string of the molecule is CC(CN=CN)Oc1cc(-c2cnc(Nc3cn(C4CCCCC4)nc3OCC(C)(C)O)nc2)ccc1C#N.CC1CNCC(C)O1. The number of nitrogens with two attached hydrogens (primary N) is 1. The predicted molar refractivity (Wildman–Crippen MR) is 182 cm³/mol. The fraction of sp³-hybridized carbons (Fsp3) is 0.559. The highest BCUT2D eigenvalue weighted by Gasteiger charge is 2.22. The van der Waals surface area contributed by atoms with Crippen LogP contribution in [-0.4, -0.2) is 81.3 Å². The van der Waals surface area contributed by atoms with Crippen molar-refractivity contribution in [3.63, 3.8) is 0 Å². The Morgan fingerprint density at radius 1 is 1.19 bits per heavy atom. The zero-order valence-corrected chi connectivity index (χ0v) is 28.1. The van der Waals surface area contributed by atoms with Gasteiger partial charge in [-0.3, -0.25) is 9.67 Å². The number of hydrogen-bond donors (Lipinski definition) is 4. The summed E-state index contributed by atoms with van der Waals surface area (Å²) in [5, 5.41) is 30.8. The Kier molecular flexibility index (Phi) is 12.9. The molecule has 3 atom stereocenters. The van der Waals surface area contributed by atoms with Gasteiger partial charge in [-0.2, -0.15) is 5.26 Å². The fourth-order valence-corrected chi connectivity index (χ4v) is 5.34. The second-order valence-corrected chi connectivity index (χ2v) is 12.8. The van der Waals surface area contributed by atoms with Crippen molar-refractivity contribution in [2.24, 2.45) is 10.7 Å². The molecule has 3 heterocycles. The van der Waals surface area contributed by atoms with Crippen molar-refractivity contribution in [2.45, 2.75) is 96.7 Å². The van der Waals surface area contributed by atoms with Crippen LogP contribution >= 0.6 is 0 Å². The zero-order chi connectivity index (χ0) is 33.8. The molecular formula is C34H49N9O4. The van der Waals surface area contributed by atoms with Gasteiger partial charge in [0.05, 0.1) is 48.5 Å². The van der Waals surface area contributed by atoms with Gasteiger partial charge < -0.3 is 35.7 Å². The molecular weight excluding hydrogens is 598 g/mol. The topological polar surface area (TPSA) is 178 Å². The van der Waals surface area contributed by atoms with Crippen molar-refractivity contribution in [1.29, 1.82) is 5.26 Å². The molecule has 1 aromatic carbocycles. The monoisotopic (exact) mass is 647 g/mol. The van der Waals surface area contributed by atoms with Crippen LogP contribution in [-0.2, 0) is 4.74 Å². The molecule has 13 nitrogen and oxygen atoms in total. The number of aliphatic imine (C=N–C) groups is 1. The van der Waals surface area contributed by atoms with E-state index in [1.165, 1.54) is 25.6 Å². The average Bonchev–Trinajstić information content (AvgIpc) is 3.46. The minimum atomic E-state index is -0.997. The highest BCUT2D eigenvalue weighted by molar-refractivity contribution is 5.67. The van der Waals surface area contributed by atoms with Crippen LogP contribution in [0, 0.1) is 11.3 Å². The Morgan fingerprint density at radius 3 is 2.49 bits per heavy atom. The number of anilines is 2. The smallest absolute Gasteiger partial charge is 0.257 e. The van der Waals surface area contributed by atoms with Gasteiger partial charge >= 0.3 is 0 Å². The van der Waals surface area contributed by atoms with E-state index in [1.54, 1.807) is 38.4 Å². The lowest BCUT2D eigenvalue weighted by Crippen LogP contribution is -2.41. The molecule has 5 N–H and O–H groups in total. The van der Waals surface area contributed by atoms with Crippen LogP contribution in [0.4, 0.5) is 11.6 Å². The summed E-state index contributed by atoms with van der Waals surface area (Å²) in [6.45, 7) is 11.9. The molecule has 0 spiro atoms. The zero-order valence-electron chi connectivity index (χ0n) is 28.1. The summed E-state index contributed by atoms with van der Waals surface area (Å²) in [5.74, 6) is 1.24. The van der Waals surface area contributed by atoms with E-state index in [4.69, 9.17) is 19.9 Å². The Hall–Kier alpha value is -4.25. The predicted octanol–water partition coefficient (Wildman–Crippen LogP) is 4.75. The van der Waals surface area contributed by atoms with Crippen molar-refractivity contribution in [1.82, 2.24) is 25.1 Å². The van der Waals surface area contributed by atoms with Crippen LogP contribution in [0.5, 0.6) is 11.6 Å². The second-order valence-electron chi connectivity index (χ2n) is 12.8. The first-order valence-corrected chi connectivity index (χ1v) is 16.4. The molecule has 5 rings (SSSR count). The summed E-state index contributed by atoms with van der Waals surface area (Å²) in [6.07, 6.45) is 12.9. The van der Waals surface area contributed by atoms with Crippen LogP contribution in [0.3, 0.4) is 0 Å². The maximum atomic E-state index is 10.2. The number of rotatable bonds is 11. The summed E-state index contributed by atoms with van der Waals surface area (Å²) in [4.78, 5) is 13.0. The van der Waals surface area contributed by atoms with Gasteiger partial charge in [0.1, 0.15) is 30.2 Å². The second kappa shape index (κ2) is 17.1. The number of morpholine rings is 1. The van der Waals surface area contributed by atoms with E-state index in [0.717, 1.165) is 37.1 Å². The molecule has 1 aliphatic heterocycles. The lowest BCUT2D eigenvalue weighted by molar-refractivity contribution is -0.0166. The number of nitrogens with one attached hydrogen (secondary N) is 2. The number of aliphatic hydroxyl groups is 1. The third-order valence-electron chi connectivity index (χ3n) is 7.67. The van der Waals surface area contributed by atoms with Crippen LogP contribution < -0.4 is 25.8 Å². The summed E-state index contributed by atoms with van der Waals surface area (Å²) in [5.41, 5.74) is 6.96. The molecule has 13 heteroatoms. The number of hydrogen-bond acceptors (Lipinski definition) is 11. The van der Waals surface area contributed by atoms with Crippen LogP contribution in [0.1, 0.15) is 78.3 Å². The third kappa shape index (κ3) is 11.2. The highest BCUT2D eigenvalue weighted by atomic mass is 16.5. The number of benzene rings is 1. The molecule has 0 radical (unpaired) electrons. The van der Waals surface area contributed by atoms with E-state index in [9.17, 15) is 10.4 Å². The van der Waals surface area contributed by atoms with Gasteiger partial charge in [-0.1, -0.05) is 25.3 Å². The molecule has 0 amide bonds. The minimum absolute atomic E-state index is 0.101. The maximum absolute atomic E-state index is 10.2. The van der Waals surface area contributed by atoms with E-state index in [-0.39, 0.29) is 12.7 Å². The molecule has 254 valence electrons. The lowest BCUT2D eigenvalue weighted by atomic mass is 9.96. The molecule has 1 saturated heterocycles. The summed E-state index contributed by atoms with van der Waals surface area (Å²) in [7, 11) is 0. The minimum Gasteiger partial charge on any atom is -0.487 e. The van der Waals surface area contributed by atoms with Crippen molar-refractivity contribution in [2.75, 3.05) is 31.6 Å². The molecule has 3 aromatic rings. The first-order valence-electron chi connectivity index (χ1n) is 16.4. The normalized spacial score (nSPS) is 19.3. The standard InChI is InChI=1S/C28H36N8O3.C6H13NO/c1-19(13-31-18-30)39-25-11-20(9-10-21(25)12-29)22-14-32-27(33-15-22)34-24-16-36(23-7-5-4-6-8-23)35-26(24)38-17-28(2,3)37;1-5-3-7-4-6(2)8-5/h9-11,14-16,18-19,23,37H,4-8,13,17H2,1-3H3,(H2,30,31)(H,32,33,34);5-7H,3-4H2,1-2H3. The van der Waals surface area contributed by atoms with Crippen LogP contribution in [0.25, 0.3) is 11.1 Å². The molecule has 47 heavy (non-hydrogen) atoms. The van der Waals surface area contributed by atoms with Gasteiger partial charge in [0.15, 0.2) is 0 Å². The Bertz CT molecular complexity index is 1470. The molecule has 1 saturated carbocycles. The van der Waals surface area contributed by atoms with Gasteiger partial charge in [0.25, 0.3) is 5.88 Å². The van der Waals surface area contributed by atoms with E-state index >= 15 is 0 Å². The first kappa shape index (κ1) is 35.6. The molecule has 3 unspecified atom stereocenters. The summed E-state index contributed by atoms with van der Waals surface area (Å²) >= 11 is 0. The quantitative estimate of drug-likeness (QED) is 0.167. The molecule has 0 bridgehead atoms. The highest BCUT2D eigenvalue weighted by Crippen LogP contribution is 2.33. The molecule has 2 aliphatic rings. The van der Waals surface area contributed by atoms with Crippen molar-refractivity contribution >= 4 is 18.0 Å². The van der Waals surface area contributed by atoms with Crippen LogP contribution in [0.15, 0.2) is 41.8 Å². The lowest BCUT2D eigenvalue weighted by Gasteiger charge is -2.25. The molecule has 2 fully saturated rings. The first-order chi connectivity index (χ1) is 22.5. The average molecular weight is 648 g/mol. The fourth-order valence-electron chi connectivity index (χ4n) is 5.34. The maximum Gasteiger partial charge on any atom is 0.257 e. The van der Waals surface area contributed by atoms with Gasteiger partial charge in [0, 0.05) is 31.0 Å². The van der Waals surface area contributed by atoms with Crippen molar-refractivity contribution in [3.8, 4) is 28.8 Å². The third-order valence-corrected chi connectivity index (χ3v) is 7.67. The van der Waals surface area contributed by atoms with Crippen molar-refractivity contribution in [3.05, 3.63) is 42.4 Å². The number of ether oxygens (including phenoxy) is 3. The van der Waals surface area contributed by atoms with E-state index < -0.39 is 5.60 Å². The van der Waals surface area contributed by atoms with Crippen LogP contribution in [0.2, 0.25) is 0 Å². The largest absolute Gasteiger partial charge is 0.487 e. The molecule has 1 aliphatic carbocycles. The number of nitrogens with zero attached hydrogens (tertiary/aromatic N) is 6. The Balaban J connectivity index is 0.000000546. The van der Waals surface area contributed by atoms with Gasteiger partial charge in [-0.25, -0.2) is 9.97 Å². The van der Waals surface area contributed by atoms with Gasteiger partial charge in [0.2, 0.25) is 5.95 Å². The summed E-state index contributed by atoms with van der Waals surface area (Å²) < 4.78 is 19.2. The van der Waals surface area contributed by atoms with E-state index in [2.05, 4.69) is 50.6 Å². The van der Waals surface area contributed by atoms with E-state index in [1.807, 2.05) is 23.9 Å². The van der Waals surface area contributed by atoms with Gasteiger partial charge in [-0.15, -0.1) is 5.10 Å². The van der Waals surface area contributed by atoms with Gasteiger partial charge in [-0.05, 0) is 65.2 Å². The Morgan fingerprint density at radius 2 is 1.89 bits per heavy atom. The number of aromatic nitrogens is 4. The number of nitriles is 1. The summed E-state index contributed by atoms with van der Waals surface area (Å²) in [6, 6.07) is 7.81. The van der Waals surface area contributed by atoms with E-state index in [0.29, 0.717) is 53.6 Å². The Labute approximate surface area is 277 Å². The molecule has 2 aromatic heterocycles. The van der Waals surface area contributed by atoms with Crippen molar-refractivity contribution < 1.29 is 19.3 Å².